The summed E-state index contributed by atoms with van der Waals surface area (Å²) in [5, 5.41) is 2.72. The summed E-state index contributed by atoms with van der Waals surface area (Å²) in [5.74, 6) is -0.742. The molecular formula is C19H22ClF2N3O. The van der Waals surface area contributed by atoms with Crippen LogP contribution in [0.5, 0.6) is 0 Å². The van der Waals surface area contributed by atoms with Crippen LogP contribution in [0, 0.1) is 18.6 Å². The molecule has 4 nitrogen and oxygen atoms in total. The fraction of sp³-hybridized carbons (Fsp3) is 0.316. The maximum absolute atomic E-state index is 13.8. The lowest BCUT2D eigenvalue weighted by Gasteiger charge is -2.35. The number of carbonyl (C=O) groups excluding carboxylic acids is 1. The van der Waals surface area contributed by atoms with Crippen LogP contribution in [0.25, 0.3) is 0 Å². The molecule has 7 heteroatoms. The third-order valence-corrected chi connectivity index (χ3v) is 4.39. The van der Waals surface area contributed by atoms with Crippen LogP contribution in [0.3, 0.4) is 0 Å². The molecule has 1 saturated heterocycles. The average molecular weight is 382 g/mol. The van der Waals surface area contributed by atoms with Crippen LogP contribution in [-0.4, -0.2) is 43.5 Å². The van der Waals surface area contributed by atoms with Crippen molar-refractivity contribution in [2.45, 2.75) is 6.92 Å². The second kappa shape index (κ2) is 8.96. The van der Waals surface area contributed by atoms with Crippen LogP contribution in [0.4, 0.5) is 20.2 Å². The molecule has 0 atom stereocenters. The van der Waals surface area contributed by atoms with Gasteiger partial charge in [-0.2, -0.15) is 0 Å². The minimum Gasteiger partial charge on any atom is -0.367 e. The van der Waals surface area contributed by atoms with Crippen LogP contribution in [0.2, 0.25) is 0 Å². The van der Waals surface area contributed by atoms with E-state index in [0.29, 0.717) is 43.1 Å². The summed E-state index contributed by atoms with van der Waals surface area (Å²) in [7, 11) is 0. The quantitative estimate of drug-likeness (QED) is 0.881. The van der Waals surface area contributed by atoms with Crippen LogP contribution < -0.4 is 10.2 Å². The van der Waals surface area contributed by atoms with Crippen molar-refractivity contribution >= 4 is 29.7 Å². The maximum atomic E-state index is 13.8. The monoisotopic (exact) mass is 381 g/mol. The number of nitrogens with zero attached hydrogens (tertiary/aromatic N) is 2. The van der Waals surface area contributed by atoms with Gasteiger partial charge in [0.15, 0.2) is 0 Å². The normalized spacial score (nSPS) is 14.7. The Hall–Kier alpha value is -2.18. The van der Waals surface area contributed by atoms with E-state index in [-0.39, 0.29) is 36.5 Å². The number of aryl methyl sites for hydroxylation is 1. The van der Waals surface area contributed by atoms with E-state index >= 15 is 0 Å². The van der Waals surface area contributed by atoms with Crippen LogP contribution in [0.1, 0.15) is 5.56 Å². The van der Waals surface area contributed by atoms with Gasteiger partial charge >= 0.3 is 0 Å². The molecule has 3 rings (SSSR count). The Morgan fingerprint density at radius 2 is 1.73 bits per heavy atom. The number of carbonyl (C=O) groups is 1. The molecule has 140 valence electrons. The number of amides is 1. The van der Waals surface area contributed by atoms with Gasteiger partial charge in [0.1, 0.15) is 11.6 Å². The first kappa shape index (κ1) is 20.1. The molecule has 0 bridgehead atoms. The van der Waals surface area contributed by atoms with Crippen molar-refractivity contribution in [3.63, 3.8) is 0 Å². The number of anilines is 2. The zero-order chi connectivity index (χ0) is 17.8. The van der Waals surface area contributed by atoms with E-state index < -0.39 is 0 Å². The molecule has 1 fully saturated rings. The second-order valence-electron chi connectivity index (χ2n) is 6.23. The summed E-state index contributed by atoms with van der Waals surface area (Å²) in [6.45, 7) is 4.57. The Kier molecular flexibility index (Phi) is 6.94. The minimum atomic E-state index is -0.337. The minimum absolute atomic E-state index is 0. The molecule has 2 aromatic rings. The molecule has 0 unspecified atom stereocenters. The summed E-state index contributed by atoms with van der Waals surface area (Å²) >= 11 is 0. The highest BCUT2D eigenvalue weighted by Gasteiger charge is 2.20. The number of piperazine rings is 1. The van der Waals surface area contributed by atoms with Gasteiger partial charge in [-0.25, -0.2) is 8.78 Å². The first-order chi connectivity index (χ1) is 12.0. The van der Waals surface area contributed by atoms with Gasteiger partial charge < -0.3 is 10.2 Å². The van der Waals surface area contributed by atoms with E-state index in [4.69, 9.17) is 0 Å². The predicted molar refractivity (Wildman–Crippen MR) is 102 cm³/mol. The van der Waals surface area contributed by atoms with Crippen LogP contribution in [0.15, 0.2) is 42.5 Å². The Bertz CT molecular complexity index is 764. The molecule has 1 aliphatic heterocycles. The van der Waals surface area contributed by atoms with Crippen LogP contribution >= 0.6 is 12.4 Å². The lowest BCUT2D eigenvalue weighted by molar-refractivity contribution is -0.117. The number of halogens is 3. The van der Waals surface area contributed by atoms with Crippen molar-refractivity contribution < 1.29 is 13.6 Å². The number of rotatable bonds is 4. The van der Waals surface area contributed by atoms with E-state index in [1.54, 1.807) is 31.2 Å². The molecule has 0 spiro atoms. The molecule has 26 heavy (non-hydrogen) atoms. The van der Waals surface area contributed by atoms with Gasteiger partial charge in [-0.05, 0) is 36.8 Å². The number of hydrogen-bond acceptors (Lipinski definition) is 3. The molecule has 0 radical (unpaired) electrons. The van der Waals surface area contributed by atoms with E-state index in [1.165, 1.54) is 12.1 Å². The third kappa shape index (κ3) is 4.93. The molecule has 2 aromatic carbocycles. The Balaban J connectivity index is 0.00000243. The van der Waals surface area contributed by atoms with Crippen LogP contribution in [-0.2, 0) is 4.79 Å². The second-order valence-corrected chi connectivity index (χ2v) is 6.23. The topological polar surface area (TPSA) is 35.6 Å². The van der Waals surface area contributed by atoms with Crippen molar-refractivity contribution in [3.05, 3.63) is 59.7 Å². The number of hydrogen-bond donors (Lipinski definition) is 1. The first-order valence-corrected chi connectivity index (χ1v) is 8.31. The van der Waals surface area contributed by atoms with Gasteiger partial charge in [0.05, 0.1) is 12.2 Å². The largest absolute Gasteiger partial charge is 0.367 e. The summed E-state index contributed by atoms with van der Waals surface area (Å²) < 4.78 is 27.4. The van der Waals surface area contributed by atoms with Gasteiger partial charge in [-0.1, -0.05) is 18.2 Å². The number of benzene rings is 2. The Morgan fingerprint density at radius 3 is 2.38 bits per heavy atom. The first-order valence-electron chi connectivity index (χ1n) is 8.31. The SMILES string of the molecule is Cc1ccc(NC(=O)CN2CCN(c3ccccc3F)CC2)cc1F.Cl. The van der Waals surface area contributed by atoms with Gasteiger partial charge in [-0.15, -0.1) is 12.4 Å². The van der Waals surface area contributed by atoms with E-state index in [1.807, 2.05) is 15.9 Å². The van der Waals surface area contributed by atoms with Gasteiger partial charge in [0.25, 0.3) is 0 Å². The molecular weight excluding hydrogens is 360 g/mol. The summed E-state index contributed by atoms with van der Waals surface area (Å²) in [4.78, 5) is 16.1. The molecule has 0 aliphatic carbocycles. The van der Waals surface area contributed by atoms with Crippen molar-refractivity contribution in [1.82, 2.24) is 4.90 Å². The Morgan fingerprint density at radius 1 is 1.04 bits per heavy atom. The van der Waals surface area contributed by atoms with Gasteiger partial charge in [-0.3, -0.25) is 9.69 Å². The molecule has 1 amide bonds. The zero-order valence-electron chi connectivity index (χ0n) is 14.5. The van der Waals surface area contributed by atoms with Gasteiger partial charge in [0.2, 0.25) is 5.91 Å². The predicted octanol–water partition coefficient (Wildman–Crippen LogP) is 3.46. The van der Waals surface area contributed by atoms with Gasteiger partial charge in [0, 0.05) is 31.9 Å². The zero-order valence-corrected chi connectivity index (χ0v) is 15.4. The third-order valence-electron chi connectivity index (χ3n) is 4.39. The molecule has 0 saturated carbocycles. The lowest BCUT2D eigenvalue weighted by atomic mass is 10.2. The standard InChI is InChI=1S/C19H21F2N3O.ClH/c1-14-6-7-15(12-17(14)21)22-19(25)13-23-8-10-24(11-9-23)18-5-3-2-4-16(18)20;/h2-7,12H,8-11,13H2,1H3,(H,22,25);1H. The van der Waals surface area contributed by atoms with Crippen molar-refractivity contribution in [3.8, 4) is 0 Å². The van der Waals surface area contributed by atoms with Crippen molar-refractivity contribution in [2.24, 2.45) is 0 Å². The summed E-state index contributed by atoms with van der Waals surface area (Å²) in [6, 6.07) is 11.4. The van der Waals surface area contributed by atoms with Crippen molar-refractivity contribution in [2.75, 3.05) is 42.9 Å². The Labute approximate surface area is 158 Å². The lowest BCUT2D eigenvalue weighted by Crippen LogP contribution is -2.48. The highest BCUT2D eigenvalue weighted by Crippen LogP contribution is 2.20. The van der Waals surface area contributed by atoms with E-state index in [2.05, 4.69) is 5.32 Å². The maximum Gasteiger partial charge on any atom is 0.238 e. The smallest absolute Gasteiger partial charge is 0.238 e. The number of para-hydroxylation sites is 1. The fourth-order valence-electron chi connectivity index (χ4n) is 2.93. The summed E-state index contributed by atoms with van der Waals surface area (Å²) in [6.07, 6.45) is 0. The fourth-order valence-corrected chi connectivity index (χ4v) is 2.93. The van der Waals surface area contributed by atoms with E-state index in [0.717, 1.165) is 0 Å². The highest BCUT2D eigenvalue weighted by molar-refractivity contribution is 5.92. The molecule has 1 heterocycles. The highest BCUT2D eigenvalue weighted by atomic mass is 35.5. The summed E-state index contributed by atoms with van der Waals surface area (Å²) in [5.41, 5.74) is 1.60. The average Bonchev–Trinajstić information content (AvgIpc) is 2.59. The molecule has 1 N–H and O–H groups in total. The molecule has 0 aromatic heterocycles. The molecule has 1 aliphatic rings. The van der Waals surface area contributed by atoms with E-state index in [9.17, 15) is 13.6 Å². The van der Waals surface area contributed by atoms with Crippen molar-refractivity contribution in [1.29, 1.82) is 0 Å². The number of nitrogens with one attached hydrogen (secondary N) is 1.